The van der Waals surface area contributed by atoms with E-state index in [4.69, 9.17) is 11.6 Å². The summed E-state index contributed by atoms with van der Waals surface area (Å²) in [4.78, 5) is 14.6. The highest BCUT2D eigenvalue weighted by Crippen LogP contribution is 2.27. The summed E-state index contributed by atoms with van der Waals surface area (Å²) in [5.74, 6) is -0.434. The number of imidazole rings is 1. The average molecular weight is 239 g/mol. The Labute approximate surface area is 96.5 Å². The Kier molecular flexibility index (Phi) is 2.75. The van der Waals surface area contributed by atoms with Gasteiger partial charge in [0.1, 0.15) is 11.5 Å². The first-order valence-electron chi connectivity index (χ1n) is 4.55. The van der Waals surface area contributed by atoms with Gasteiger partial charge in [-0.05, 0) is 18.2 Å². The molecule has 0 aliphatic rings. The van der Waals surface area contributed by atoms with Crippen LogP contribution < -0.4 is 0 Å². The topological polar surface area (TPSA) is 34.9 Å². The maximum absolute atomic E-state index is 13.6. The average Bonchev–Trinajstić information content (AvgIpc) is 2.63. The molecule has 16 heavy (non-hydrogen) atoms. The number of rotatable bonds is 2. The first kappa shape index (κ1) is 10.8. The van der Waals surface area contributed by atoms with E-state index < -0.39 is 5.82 Å². The third kappa shape index (κ3) is 1.72. The van der Waals surface area contributed by atoms with Gasteiger partial charge >= 0.3 is 0 Å². The summed E-state index contributed by atoms with van der Waals surface area (Å²) >= 11 is 5.80. The Balaban J connectivity index is 2.70. The normalized spacial score (nSPS) is 10.4. The fourth-order valence-corrected chi connectivity index (χ4v) is 1.71. The molecule has 0 unspecified atom stereocenters. The monoisotopic (exact) mass is 238 g/mol. The van der Waals surface area contributed by atoms with Gasteiger partial charge in [0.15, 0.2) is 6.29 Å². The molecular weight excluding hydrogens is 231 g/mol. The van der Waals surface area contributed by atoms with Gasteiger partial charge in [-0.3, -0.25) is 4.79 Å². The molecule has 3 nitrogen and oxygen atoms in total. The lowest BCUT2D eigenvalue weighted by Gasteiger charge is -2.05. The number of halogens is 2. The van der Waals surface area contributed by atoms with E-state index in [-0.39, 0.29) is 11.3 Å². The molecule has 0 saturated heterocycles. The zero-order valence-electron chi connectivity index (χ0n) is 8.45. The van der Waals surface area contributed by atoms with Crippen LogP contribution in [0.3, 0.4) is 0 Å². The van der Waals surface area contributed by atoms with E-state index in [1.165, 1.54) is 24.5 Å². The molecule has 0 radical (unpaired) electrons. The van der Waals surface area contributed by atoms with Crippen molar-refractivity contribution in [3.63, 3.8) is 0 Å². The van der Waals surface area contributed by atoms with E-state index in [0.717, 1.165) is 0 Å². The van der Waals surface area contributed by atoms with Crippen LogP contribution in [0.2, 0.25) is 5.02 Å². The number of carbonyl (C=O) groups excluding carboxylic acids is 1. The second kappa shape index (κ2) is 4.06. The van der Waals surface area contributed by atoms with Crippen LogP contribution in [0.15, 0.2) is 24.5 Å². The molecule has 2 aromatic rings. The number of aldehydes is 1. The molecule has 1 heterocycles. The van der Waals surface area contributed by atoms with Gasteiger partial charge in [-0.1, -0.05) is 11.6 Å². The molecule has 0 N–H and O–H groups in total. The lowest BCUT2D eigenvalue weighted by Crippen LogP contribution is -1.95. The van der Waals surface area contributed by atoms with Gasteiger partial charge in [-0.2, -0.15) is 0 Å². The minimum atomic E-state index is -0.434. The van der Waals surface area contributed by atoms with Crippen LogP contribution in [0, 0.1) is 5.82 Å². The molecule has 0 spiro atoms. The van der Waals surface area contributed by atoms with Crippen molar-refractivity contribution in [2.75, 3.05) is 0 Å². The van der Waals surface area contributed by atoms with Crippen LogP contribution in [0.4, 0.5) is 4.39 Å². The molecule has 1 aromatic carbocycles. The van der Waals surface area contributed by atoms with Crippen molar-refractivity contribution in [1.82, 2.24) is 9.55 Å². The van der Waals surface area contributed by atoms with Crippen LogP contribution in [0.1, 0.15) is 10.5 Å². The molecule has 5 heteroatoms. The van der Waals surface area contributed by atoms with Crippen molar-refractivity contribution >= 4 is 17.9 Å². The number of carbonyl (C=O) groups is 1. The summed E-state index contributed by atoms with van der Waals surface area (Å²) in [6.07, 6.45) is 2.05. The van der Waals surface area contributed by atoms with Gasteiger partial charge in [-0.15, -0.1) is 0 Å². The van der Waals surface area contributed by atoms with Crippen LogP contribution in [0.25, 0.3) is 11.3 Å². The zero-order valence-corrected chi connectivity index (χ0v) is 9.20. The van der Waals surface area contributed by atoms with Gasteiger partial charge in [0, 0.05) is 17.6 Å². The smallest absolute Gasteiger partial charge is 0.170 e. The number of aryl methyl sites for hydroxylation is 1. The molecule has 0 amide bonds. The van der Waals surface area contributed by atoms with Gasteiger partial charge in [0.05, 0.1) is 12.0 Å². The largest absolute Gasteiger partial charge is 0.333 e. The number of aromatic nitrogens is 2. The van der Waals surface area contributed by atoms with E-state index in [1.807, 2.05) is 0 Å². The summed E-state index contributed by atoms with van der Waals surface area (Å²) < 4.78 is 15.2. The molecule has 0 fully saturated rings. The Morgan fingerprint density at radius 1 is 1.50 bits per heavy atom. The summed E-state index contributed by atoms with van der Waals surface area (Å²) in [6, 6.07) is 4.19. The lowest BCUT2D eigenvalue weighted by atomic mass is 10.1. The highest BCUT2D eigenvalue weighted by molar-refractivity contribution is 6.30. The van der Waals surface area contributed by atoms with E-state index in [2.05, 4.69) is 4.98 Å². The molecule has 0 bridgehead atoms. The molecule has 0 atom stereocenters. The standard InChI is InChI=1S/C11H8ClFN2O/c1-15-6-14-10(5-16)11(15)8-4-7(12)2-3-9(8)13/h2-6H,1H3. The van der Waals surface area contributed by atoms with Crippen LogP contribution >= 0.6 is 11.6 Å². The van der Waals surface area contributed by atoms with Gasteiger partial charge in [0.2, 0.25) is 0 Å². The fourth-order valence-electron chi connectivity index (χ4n) is 1.54. The van der Waals surface area contributed by atoms with Crippen molar-refractivity contribution in [3.8, 4) is 11.3 Å². The minimum absolute atomic E-state index is 0.198. The first-order valence-corrected chi connectivity index (χ1v) is 4.93. The number of benzene rings is 1. The van der Waals surface area contributed by atoms with Crippen LogP contribution in [-0.2, 0) is 7.05 Å². The van der Waals surface area contributed by atoms with E-state index in [0.29, 0.717) is 17.0 Å². The van der Waals surface area contributed by atoms with E-state index >= 15 is 0 Å². The van der Waals surface area contributed by atoms with Crippen molar-refractivity contribution in [1.29, 1.82) is 0 Å². The third-order valence-corrected chi connectivity index (χ3v) is 2.50. The number of nitrogens with zero attached hydrogens (tertiary/aromatic N) is 2. The van der Waals surface area contributed by atoms with Crippen molar-refractivity contribution in [2.45, 2.75) is 0 Å². The van der Waals surface area contributed by atoms with Gasteiger partial charge < -0.3 is 4.57 Å². The summed E-state index contributed by atoms with van der Waals surface area (Å²) in [7, 11) is 1.69. The maximum atomic E-state index is 13.6. The Bertz CT molecular complexity index is 551. The highest BCUT2D eigenvalue weighted by Gasteiger charge is 2.14. The second-order valence-electron chi connectivity index (χ2n) is 3.33. The van der Waals surface area contributed by atoms with Crippen molar-refractivity contribution in [2.24, 2.45) is 7.05 Å². The molecule has 2 rings (SSSR count). The lowest BCUT2D eigenvalue weighted by molar-refractivity contribution is 0.112. The number of hydrogen-bond donors (Lipinski definition) is 0. The van der Waals surface area contributed by atoms with E-state index in [9.17, 15) is 9.18 Å². The SMILES string of the molecule is Cn1cnc(C=O)c1-c1cc(Cl)ccc1F. The van der Waals surface area contributed by atoms with Crippen molar-refractivity contribution in [3.05, 3.63) is 41.1 Å². The minimum Gasteiger partial charge on any atom is -0.333 e. The molecular formula is C11H8ClFN2O. The molecule has 82 valence electrons. The van der Waals surface area contributed by atoms with E-state index in [1.54, 1.807) is 11.6 Å². The van der Waals surface area contributed by atoms with Crippen molar-refractivity contribution < 1.29 is 9.18 Å². The second-order valence-corrected chi connectivity index (χ2v) is 3.77. The Morgan fingerprint density at radius 2 is 2.25 bits per heavy atom. The summed E-state index contributed by atoms with van der Waals surface area (Å²) in [5.41, 5.74) is 0.897. The first-order chi connectivity index (χ1) is 7.63. The van der Waals surface area contributed by atoms with Crippen LogP contribution in [0.5, 0.6) is 0 Å². The summed E-state index contributed by atoms with van der Waals surface area (Å²) in [6.45, 7) is 0. The molecule has 1 aromatic heterocycles. The van der Waals surface area contributed by atoms with Gasteiger partial charge in [-0.25, -0.2) is 9.37 Å². The Hall–Kier alpha value is -1.68. The van der Waals surface area contributed by atoms with Crippen LogP contribution in [-0.4, -0.2) is 15.8 Å². The predicted molar refractivity (Wildman–Crippen MR) is 59.0 cm³/mol. The molecule has 0 saturated carbocycles. The Morgan fingerprint density at radius 3 is 2.94 bits per heavy atom. The van der Waals surface area contributed by atoms with Gasteiger partial charge in [0.25, 0.3) is 0 Å². The quantitative estimate of drug-likeness (QED) is 0.754. The highest BCUT2D eigenvalue weighted by atomic mass is 35.5. The third-order valence-electron chi connectivity index (χ3n) is 2.26. The molecule has 0 aliphatic heterocycles. The number of hydrogen-bond acceptors (Lipinski definition) is 2. The maximum Gasteiger partial charge on any atom is 0.170 e. The fraction of sp³-hybridized carbons (Fsp3) is 0.0909. The zero-order chi connectivity index (χ0) is 11.7. The summed E-state index contributed by atoms with van der Waals surface area (Å²) in [5, 5.41) is 0.412. The molecule has 0 aliphatic carbocycles. The predicted octanol–water partition coefficient (Wildman–Crippen LogP) is 2.69.